The van der Waals surface area contributed by atoms with E-state index < -0.39 is 10.3 Å². The topological polar surface area (TPSA) is 86.3 Å². The van der Waals surface area contributed by atoms with Gasteiger partial charge in [0.15, 0.2) is 0 Å². The second kappa shape index (κ2) is 10.6. The third kappa shape index (κ3) is 4.58. The summed E-state index contributed by atoms with van der Waals surface area (Å²) in [4.78, 5) is 23.0. The van der Waals surface area contributed by atoms with Crippen LogP contribution in [0.4, 0.5) is 11.4 Å². The molecule has 0 aliphatic heterocycles. The first-order valence-corrected chi connectivity index (χ1v) is 12.4. The number of nitrogens with zero attached hydrogens (tertiary/aromatic N) is 2. The van der Waals surface area contributed by atoms with Gasteiger partial charge in [0.25, 0.3) is 11.4 Å². The Hall–Kier alpha value is -2.28. The summed E-state index contributed by atoms with van der Waals surface area (Å²) in [6, 6.07) is 8.59. The molecular formula is C25H31BrN2O4. The lowest BCUT2D eigenvalue weighted by molar-refractivity contribution is -0.386. The van der Waals surface area contributed by atoms with Crippen LogP contribution in [0.15, 0.2) is 34.8 Å². The molecule has 2 aromatic rings. The van der Waals surface area contributed by atoms with Gasteiger partial charge in [-0.1, -0.05) is 77.3 Å². The lowest BCUT2D eigenvalue weighted by Gasteiger charge is -2.32. The number of rotatable bonds is 12. The Morgan fingerprint density at radius 2 is 1.44 bits per heavy atom. The molecule has 0 atom stereocenters. The maximum Gasteiger partial charge on any atom is 0.288 e. The first kappa shape index (κ1) is 24.4. The average Bonchev–Trinajstić information content (AvgIpc) is 3.03. The van der Waals surface area contributed by atoms with Gasteiger partial charge in [0, 0.05) is 23.1 Å². The molecule has 0 aromatic heterocycles. The number of non-ortho nitro benzene ring substituents is 1. The highest BCUT2D eigenvalue weighted by molar-refractivity contribution is 9.10. The normalized spacial score (nSPS) is 13.6. The molecule has 6 nitrogen and oxygen atoms in total. The molecular weight excluding hydrogens is 472 g/mol. The second-order valence-corrected chi connectivity index (χ2v) is 9.62. The van der Waals surface area contributed by atoms with E-state index in [9.17, 15) is 20.2 Å². The molecule has 32 heavy (non-hydrogen) atoms. The standard InChI is InChI=1S/C25H31BrN2O4/c1-3-5-7-9-15-25(16-10-8-6-4-2)21-13-11-18(27(29)30)17-20(21)19-12-14-22(26)24(23(19)25)28(31)32/h11-14,17H,3-10,15-16H2,1-2H3. The van der Waals surface area contributed by atoms with E-state index in [0.717, 1.165) is 86.5 Å². The van der Waals surface area contributed by atoms with Crippen molar-refractivity contribution in [3.8, 4) is 11.1 Å². The minimum absolute atomic E-state index is 0.0213. The number of halogens is 1. The number of hydrogen-bond acceptors (Lipinski definition) is 4. The van der Waals surface area contributed by atoms with E-state index >= 15 is 0 Å². The van der Waals surface area contributed by atoms with Crippen molar-refractivity contribution in [2.24, 2.45) is 0 Å². The molecule has 7 heteroatoms. The van der Waals surface area contributed by atoms with E-state index in [-0.39, 0.29) is 16.3 Å². The fourth-order valence-corrected chi connectivity index (χ4v) is 5.70. The van der Waals surface area contributed by atoms with Gasteiger partial charge in [-0.3, -0.25) is 20.2 Å². The highest BCUT2D eigenvalue weighted by atomic mass is 79.9. The Morgan fingerprint density at radius 3 is 1.97 bits per heavy atom. The van der Waals surface area contributed by atoms with Crippen LogP contribution in [0.25, 0.3) is 11.1 Å². The van der Waals surface area contributed by atoms with Crippen molar-refractivity contribution in [2.45, 2.75) is 83.5 Å². The molecule has 0 radical (unpaired) electrons. The second-order valence-electron chi connectivity index (χ2n) is 8.77. The third-order valence-corrected chi connectivity index (χ3v) is 7.36. The third-order valence-electron chi connectivity index (χ3n) is 6.72. The summed E-state index contributed by atoms with van der Waals surface area (Å²) in [5.74, 6) is 0. The zero-order valence-corrected chi connectivity index (χ0v) is 20.4. The number of fused-ring (bicyclic) bond motifs is 3. The van der Waals surface area contributed by atoms with Gasteiger partial charge in [-0.2, -0.15) is 0 Å². The summed E-state index contributed by atoms with van der Waals surface area (Å²) in [5, 5.41) is 23.7. The van der Waals surface area contributed by atoms with Gasteiger partial charge in [0.05, 0.1) is 14.3 Å². The minimum atomic E-state index is -0.493. The molecule has 0 saturated carbocycles. The van der Waals surface area contributed by atoms with Crippen LogP contribution in [0.5, 0.6) is 0 Å². The molecule has 3 rings (SSSR count). The predicted octanol–water partition coefficient (Wildman–Crippen LogP) is 8.47. The Kier molecular flexibility index (Phi) is 8.04. The van der Waals surface area contributed by atoms with Crippen molar-refractivity contribution in [3.05, 3.63) is 66.2 Å². The van der Waals surface area contributed by atoms with E-state index in [4.69, 9.17) is 0 Å². The average molecular weight is 503 g/mol. The first-order chi connectivity index (χ1) is 15.4. The van der Waals surface area contributed by atoms with Gasteiger partial charge < -0.3 is 0 Å². The highest BCUT2D eigenvalue weighted by Crippen LogP contribution is 2.58. The van der Waals surface area contributed by atoms with Crippen LogP contribution in [0.3, 0.4) is 0 Å². The lowest BCUT2D eigenvalue weighted by Crippen LogP contribution is -2.26. The van der Waals surface area contributed by atoms with Gasteiger partial charge in [-0.05, 0) is 51.5 Å². The molecule has 0 N–H and O–H groups in total. The number of hydrogen-bond donors (Lipinski definition) is 0. The molecule has 0 saturated heterocycles. The summed E-state index contributed by atoms with van der Waals surface area (Å²) >= 11 is 3.42. The lowest BCUT2D eigenvalue weighted by atomic mass is 9.70. The molecule has 2 aromatic carbocycles. The zero-order chi connectivity index (χ0) is 23.3. The Balaban J connectivity index is 2.23. The largest absolute Gasteiger partial charge is 0.288 e. The summed E-state index contributed by atoms with van der Waals surface area (Å²) in [6.07, 6.45) is 10.2. The van der Waals surface area contributed by atoms with Gasteiger partial charge >= 0.3 is 0 Å². The smallest absolute Gasteiger partial charge is 0.258 e. The molecule has 0 amide bonds. The zero-order valence-electron chi connectivity index (χ0n) is 18.9. The van der Waals surface area contributed by atoms with Crippen LogP contribution in [0.1, 0.15) is 89.2 Å². The van der Waals surface area contributed by atoms with Crippen molar-refractivity contribution in [3.63, 3.8) is 0 Å². The summed E-state index contributed by atoms with van der Waals surface area (Å²) < 4.78 is 0.468. The molecule has 0 fully saturated rings. The van der Waals surface area contributed by atoms with E-state index in [1.54, 1.807) is 18.2 Å². The molecule has 0 unspecified atom stereocenters. The quantitative estimate of drug-likeness (QED) is 0.165. The maximum atomic E-state index is 12.2. The molecule has 172 valence electrons. The summed E-state index contributed by atoms with van der Waals surface area (Å²) in [7, 11) is 0. The fraction of sp³-hybridized carbons (Fsp3) is 0.520. The molecule has 1 aliphatic rings. The first-order valence-electron chi connectivity index (χ1n) is 11.6. The van der Waals surface area contributed by atoms with E-state index in [1.807, 2.05) is 12.1 Å². The molecule has 1 aliphatic carbocycles. The van der Waals surface area contributed by atoms with Crippen LogP contribution >= 0.6 is 15.9 Å². The molecule has 0 bridgehead atoms. The van der Waals surface area contributed by atoms with E-state index in [2.05, 4.69) is 29.8 Å². The van der Waals surface area contributed by atoms with Crippen molar-refractivity contribution < 1.29 is 9.85 Å². The van der Waals surface area contributed by atoms with Crippen molar-refractivity contribution in [2.75, 3.05) is 0 Å². The van der Waals surface area contributed by atoms with E-state index in [1.165, 1.54) is 0 Å². The van der Waals surface area contributed by atoms with Crippen LogP contribution in [0.2, 0.25) is 0 Å². The highest BCUT2D eigenvalue weighted by Gasteiger charge is 2.48. The van der Waals surface area contributed by atoms with Crippen LogP contribution < -0.4 is 0 Å². The minimum Gasteiger partial charge on any atom is -0.258 e. The van der Waals surface area contributed by atoms with E-state index in [0.29, 0.717) is 4.47 Å². The maximum absolute atomic E-state index is 12.2. The monoisotopic (exact) mass is 502 g/mol. The summed E-state index contributed by atoms with van der Waals surface area (Å²) in [6.45, 7) is 4.34. The van der Waals surface area contributed by atoms with Gasteiger partial charge in [-0.15, -0.1) is 0 Å². The van der Waals surface area contributed by atoms with Crippen LogP contribution in [-0.4, -0.2) is 9.85 Å². The predicted molar refractivity (Wildman–Crippen MR) is 131 cm³/mol. The van der Waals surface area contributed by atoms with Gasteiger partial charge in [-0.25, -0.2) is 0 Å². The van der Waals surface area contributed by atoms with Gasteiger partial charge in [0.2, 0.25) is 0 Å². The van der Waals surface area contributed by atoms with Crippen molar-refractivity contribution in [1.29, 1.82) is 0 Å². The summed E-state index contributed by atoms with van der Waals surface area (Å²) in [5.41, 5.74) is 2.92. The Morgan fingerprint density at radius 1 is 0.812 bits per heavy atom. The molecule has 0 spiro atoms. The number of benzene rings is 2. The fourth-order valence-electron chi connectivity index (χ4n) is 5.23. The van der Waals surface area contributed by atoms with Crippen LogP contribution in [0, 0.1) is 20.2 Å². The number of nitro groups is 2. The van der Waals surface area contributed by atoms with Crippen LogP contribution in [-0.2, 0) is 5.41 Å². The van der Waals surface area contributed by atoms with Gasteiger partial charge in [0.1, 0.15) is 0 Å². The number of unbranched alkanes of at least 4 members (excludes halogenated alkanes) is 6. The molecule has 0 heterocycles. The SMILES string of the molecule is CCCCCCC1(CCCCCC)c2ccc([N+](=O)[O-])cc2-c2ccc(Br)c([N+](=O)[O-])c21. The van der Waals surface area contributed by atoms with Crippen molar-refractivity contribution >= 4 is 27.3 Å². The van der Waals surface area contributed by atoms with Crippen molar-refractivity contribution in [1.82, 2.24) is 0 Å². The Labute approximate surface area is 197 Å². The number of nitro benzene ring substituents is 2. The Bertz CT molecular complexity index is 994.